The molecule has 0 saturated heterocycles. The van der Waals surface area contributed by atoms with Crippen LogP contribution in [0.1, 0.15) is 16.7 Å². The van der Waals surface area contributed by atoms with E-state index in [1.54, 1.807) is 36.4 Å². The van der Waals surface area contributed by atoms with E-state index < -0.39 is 5.60 Å². The number of ether oxygens (including phenoxy) is 1. The van der Waals surface area contributed by atoms with Gasteiger partial charge in [-0.1, -0.05) is 52.3 Å². The van der Waals surface area contributed by atoms with Crippen molar-refractivity contribution >= 4 is 15.9 Å². The summed E-state index contributed by atoms with van der Waals surface area (Å²) in [7, 11) is 0. The molecule has 0 aromatic heterocycles. The minimum absolute atomic E-state index is 0.339. The molecule has 0 aliphatic rings. The molecule has 0 unspecified atom stereocenters. The summed E-state index contributed by atoms with van der Waals surface area (Å²) in [5.74, 6) is -1.12. The molecule has 5 heteroatoms. The maximum atomic E-state index is 13.5. The maximum absolute atomic E-state index is 13.5. The first-order chi connectivity index (χ1) is 12.6. The third-order valence-electron chi connectivity index (χ3n) is 4.15. The maximum Gasteiger partial charge on any atom is 0.143 e. The molecule has 0 heterocycles. The van der Waals surface area contributed by atoms with Crippen molar-refractivity contribution in [2.45, 2.75) is 5.60 Å². The van der Waals surface area contributed by atoms with E-state index >= 15 is 0 Å². The van der Waals surface area contributed by atoms with E-state index in [2.05, 4.69) is 15.9 Å². The van der Waals surface area contributed by atoms with Gasteiger partial charge in [-0.05, 0) is 53.1 Å². The van der Waals surface area contributed by atoms with E-state index in [-0.39, 0.29) is 17.5 Å². The highest BCUT2D eigenvalue weighted by atomic mass is 79.9. The van der Waals surface area contributed by atoms with Crippen molar-refractivity contribution in [3.05, 3.63) is 107 Å². The number of hydrogen-bond acceptors (Lipinski definition) is 1. The Bertz CT molecular complexity index is 735. The zero-order valence-electron chi connectivity index (χ0n) is 13.8. The highest BCUT2D eigenvalue weighted by molar-refractivity contribution is 9.09. The lowest BCUT2D eigenvalue weighted by atomic mass is 9.80. The average molecular weight is 421 g/mol. The Morgan fingerprint density at radius 3 is 1.19 bits per heavy atom. The quantitative estimate of drug-likeness (QED) is 0.361. The van der Waals surface area contributed by atoms with Crippen molar-refractivity contribution in [1.82, 2.24) is 0 Å². The largest absolute Gasteiger partial charge is 0.360 e. The highest BCUT2D eigenvalue weighted by Crippen LogP contribution is 2.40. The molecular weight excluding hydrogens is 405 g/mol. The number of hydrogen-bond donors (Lipinski definition) is 0. The zero-order chi connectivity index (χ0) is 18.6. The van der Waals surface area contributed by atoms with E-state index in [4.69, 9.17) is 4.74 Å². The molecule has 3 aromatic rings. The molecule has 26 heavy (non-hydrogen) atoms. The number of rotatable bonds is 6. The predicted molar refractivity (Wildman–Crippen MR) is 98.8 cm³/mol. The van der Waals surface area contributed by atoms with Crippen LogP contribution in [0.25, 0.3) is 0 Å². The number of halogens is 4. The Balaban J connectivity index is 2.27. The Morgan fingerprint density at radius 2 is 0.923 bits per heavy atom. The topological polar surface area (TPSA) is 9.23 Å². The van der Waals surface area contributed by atoms with Crippen LogP contribution in [0.5, 0.6) is 0 Å². The van der Waals surface area contributed by atoms with Crippen molar-refractivity contribution < 1.29 is 17.9 Å². The molecule has 1 nitrogen and oxygen atoms in total. The second-order valence-electron chi connectivity index (χ2n) is 5.74. The molecule has 0 saturated carbocycles. The van der Waals surface area contributed by atoms with Gasteiger partial charge in [0.1, 0.15) is 23.1 Å². The van der Waals surface area contributed by atoms with Gasteiger partial charge in [-0.25, -0.2) is 13.2 Å². The summed E-state index contributed by atoms with van der Waals surface area (Å²) in [5, 5.41) is 0.568. The van der Waals surface area contributed by atoms with Gasteiger partial charge in [0.2, 0.25) is 0 Å². The van der Waals surface area contributed by atoms with Crippen LogP contribution in [-0.2, 0) is 10.3 Å². The molecule has 0 aliphatic carbocycles. The Labute approximate surface area is 158 Å². The molecular formula is C21H16BrF3O. The van der Waals surface area contributed by atoms with Crippen LogP contribution < -0.4 is 0 Å². The summed E-state index contributed by atoms with van der Waals surface area (Å²) < 4.78 is 46.7. The van der Waals surface area contributed by atoms with Gasteiger partial charge >= 0.3 is 0 Å². The second-order valence-corrected chi connectivity index (χ2v) is 6.53. The van der Waals surface area contributed by atoms with Crippen LogP contribution in [0.3, 0.4) is 0 Å². The van der Waals surface area contributed by atoms with Gasteiger partial charge in [0.05, 0.1) is 6.61 Å². The van der Waals surface area contributed by atoms with Crippen molar-refractivity contribution in [2.75, 3.05) is 11.9 Å². The molecule has 0 fully saturated rings. The lowest BCUT2D eigenvalue weighted by Gasteiger charge is -2.35. The van der Waals surface area contributed by atoms with E-state index in [9.17, 15) is 13.2 Å². The van der Waals surface area contributed by atoms with Crippen molar-refractivity contribution in [3.8, 4) is 0 Å². The van der Waals surface area contributed by atoms with Gasteiger partial charge in [-0.15, -0.1) is 0 Å². The van der Waals surface area contributed by atoms with Crippen molar-refractivity contribution in [2.24, 2.45) is 0 Å². The predicted octanol–water partition coefficient (Wildman–Crippen LogP) is 5.81. The standard InChI is InChI=1S/C21H16BrF3O/c22-13-14-26-21(15-1-7-18(23)8-2-15,16-3-9-19(24)10-4-16)17-5-11-20(25)12-6-17/h1-12H,13-14H2. The molecule has 0 N–H and O–H groups in total. The van der Waals surface area contributed by atoms with Gasteiger partial charge in [-0.2, -0.15) is 0 Å². The molecule has 3 aromatic carbocycles. The Kier molecular flexibility index (Phi) is 5.79. The summed E-state index contributed by atoms with van der Waals surface area (Å²) in [6, 6.07) is 17.8. The van der Waals surface area contributed by atoms with Crippen LogP contribution >= 0.6 is 15.9 Å². The summed E-state index contributed by atoms with van der Waals surface area (Å²) in [6.07, 6.45) is 0. The van der Waals surface area contributed by atoms with Gasteiger partial charge in [0, 0.05) is 5.33 Å². The van der Waals surface area contributed by atoms with E-state index in [1.165, 1.54) is 36.4 Å². The van der Waals surface area contributed by atoms with E-state index in [0.29, 0.717) is 28.6 Å². The van der Waals surface area contributed by atoms with Gasteiger partial charge in [-0.3, -0.25) is 0 Å². The third-order valence-corrected chi connectivity index (χ3v) is 4.47. The molecule has 3 rings (SSSR count). The van der Waals surface area contributed by atoms with E-state index in [0.717, 1.165) is 0 Å². The van der Waals surface area contributed by atoms with Crippen LogP contribution in [0.4, 0.5) is 13.2 Å². The van der Waals surface area contributed by atoms with Crippen molar-refractivity contribution in [1.29, 1.82) is 0 Å². The SMILES string of the molecule is Fc1ccc(C(OCCBr)(c2ccc(F)cc2)c2ccc(F)cc2)cc1. The van der Waals surface area contributed by atoms with Gasteiger partial charge in [0.25, 0.3) is 0 Å². The smallest absolute Gasteiger partial charge is 0.143 e. The average Bonchev–Trinajstić information content (AvgIpc) is 2.66. The summed E-state index contributed by atoms with van der Waals surface area (Å²) in [4.78, 5) is 0. The normalized spacial score (nSPS) is 11.5. The molecule has 0 spiro atoms. The van der Waals surface area contributed by atoms with Crippen molar-refractivity contribution in [3.63, 3.8) is 0 Å². The summed E-state index contributed by atoms with van der Waals surface area (Å²) in [5.41, 5.74) is 0.872. The Hall–Kier alpha value is -2.11. The van der Waals surface area contributed by atoms with Gasteiger partial charge in [0.15, 0.2) is 0 Å². The first-order valence-electron chi connectivity index (χ1n) is 8.04. The molecule has 0 atom stereocenters. The number of benzene rings is 3. The van der Waals surface area contributed by atoms with Crippen LogP contribution in [0.15, 0.2) is 72.8 Å². The van der Waals surface area contributed by atoms with Crippen LogP contribution in [0, 0.1) is 17.5 Å². The van der Waals surface area contributed by atoms with Gasteiger partial charge < -0.3 is 4.74 Å². The molecule has 0 amide bonds. The first kappa shape index (κ1) is 18.7. The fourth-order valence-electron chi connectivity index (χ4n) is 3.00. The first-order valence-corrected chi connectivity index (χ1v) is 9.16. The fourth-order valence-corrected chi connectivity index (χ4v) is 3.16. The van der Waals surface area contributed by atoms with E-state index in [1.807, 2.05) is 0 Å². The minimum Gasteiger partial charge on any atom is -0.360 e. The Morgan fingerprint density at radius 1 is 0.615 bits per heavy atom. The molecule has 134 valence electrons. The number of alkyl halides is 1. The fraction of sp³-hybridized carbons (Fsp3) is 0.143. The minimum atomic E-state index is -1.12. The van der Waals surface area contributed by atoms with Crippen LogP contribution in [-0.4, -0.2) is 11.9 Å². The lowest BCUT2D eigenvalue weighted by molar-refractivity contribution is 0.0236. The second kappa shape index (κ2) is 8.06. The third kappa shape index (κ3) is 3.69. The zero-order valence-corrected chi connectivity index (χ0v) is 15.3. The highest BCUT2D eigenvalue weighted by Gasteiger charge is 2.37. The summed E-state index contributed by atoms with van der Waals surface area (Å²) >= 11 is 3.35. The molecule has 0 aliphatic heterocycles. The van der Waals surface area contributed by atoms with Crippen LogP contribution in [0.2, 0.25) is 0 Å². The molecule has 0 bridgehead atoms. The molecule has 0 radical (unpaired) electrons. The monoisotopic (exact) mass is 420 g/mol. The summed E-state index contributed by atoms with van der Waals surface area (Å²) in [6.45, 7) is 0.339. The lowest BCUT2D eigenvalue weighted by Crippen LogP contribution is -2.33.